The van der Waals surface area contributed by atoms with Gasteiger partial charge in [-0.25, -0.2) is 0 Å². The second-order valence-corrected chi connectivity index (χ2v) is 15.4. The van der Waals surface area contributed by atoms with E-state index < -0.39 is 85.4 Å². The van der Waals surface area contributed by atoms with Crippen LogP contribution in [0.3, 0.4) is 0 Å². The number of hydrogen-bond acceptors (Lipinski definition) is 12. The van der Waals surface area contributed by atoms with Crippen molar-refractivity contribution in [2.75, 3.05) is 36.8 Å². The van der Waals surface area contributed by atoms with Gasteiger partial charge in [0.1, 0.15) is 37.6 Å². The van der Waals surface area contributed by atoms with Gasteiger partial charge in [0.25, 0.3) is 35.4 Å². The molecule has 24 heteroatoms. The number of aliphatic carboxylic acids is 2. The van der Waals surface area contributed by atoms with Crippen molar-refractivity contribution in [1.29, 1.82) is 0 Å². The quantitative estimate of drug-likeness (QED) is 0.0608. The van der Waals surface area contributed by atoms with Crippen LogP contribution in [0.4, 0.5) is 22.7 Å². The highest BCUT2D eigenvalue weighted by Crippen LogP contribution is 2.43. The molecule has 2 aliphatic heterocycles. The lowest BCUT2D eigenvalue weighted by molar-refractivity contribution is -0.140. The molecule has 0 unspecified atom stereocenters. The van der Waals surface area contributed by atoms with E-state index in [-0.39, 0.29) is 54.0 Å². The van der Waals surface area contributed by atoms with Crippen molar-refractivity contribution in [2.45, 2.75) is 0 Å². The van der Waals surface area contributed by atoms with Crippen molar-refractivity contribution in [2.24, 2.45) is 10.2 Å². The van der Waals surface area contributed by atoms with Crippen LogP contribution in [-0.2, 0) is 38.4 Å². The molecule has 2 heterocycles. The summed E-state index contributed by atoms with van der Waals surface area (Å²) < 4.78 is 0. The summed E-state index contributed by atoms with van der Waals surface area (Å²) in [4.78, 5) is 123. The van der Waals surface area contributed by atoms with Gasteiger partial charge in [-0.3, -0.25) is 57.7 Å². The Morgan fingerprint density at radius 2 is 0.803 bits per heavy atom. The molecule has 0 aromatic heterocycles. The summed E-state index contributed by atoms with van der Waals surface area (Å²) in [5.74, 6) is -8.93. The van der Waals surface area contributed by atoms with Crippen molar-refractivity contribution >= 4 is 128 Å². The van der Waals surface area contributed by atoms with E-state index in [1.165, 1.54) is 60.7 Å². The Morgan fingerprint density at radius 3 is 1.11 bits per heavy atom. The number of nitrogens with one attached hydrogen (secondary N) is 4. The molecule has 0 aliphatic carbocycles. The molecule has 0 spiro atoms. The van der Waals surface area contributed by atoms with E-state index in [1.807, 2.05) is 0 Å². The van der Waals surface area contributed by atoms with Gasteiger partial charge in [-0.15, -0.1) is 10.2 Å². The zero-order valence-electron chi connectivity index (χ0n) is 33.2. The van der Waals surface area contributed by atoms with Gasteiger partial charge in [0.15, 0.2) is 0 Å². The Kier molecular flexibility index (Phi) is 14.7. The average Bonchev–Trinajstić information content (AvgIpc) is 3.75. The number of anilines is 2. The maximum Gasteiger partial charge on any atom is 0.322 e. The number of amides is 8. The summed E-state index contributed by atoms with van der Waals surface area (Å²) in [5, 5.41) is 35.7. The van der Waals surface area contributed by atoms with E-state index in [9.17, 15) is 47.9 Å². The van der Waals surface area contributed by atoms with Crippen molar-refractivity contribution < 1.29 is 58.2 Å². The van der Waals surface area contributed by atoms with E-state index in [0.29, 0.717) is 32.1 Å². The Labute approximate surface area is 390 Å². The van der Waals surface area contributed by atoms with Gasteiger partial charge in [0.05, 0.1) is 42.6 Å². The Bertz CT molecular complexity index is 2640. The molecule has 0 bridgehead atoms. The zero-order valence-corrected chi connectivity index (χ0v) is 36.2. The standard InChI is InChI=1S/C42H28Cl4N8O12/c43-25-11-21(19-1-3-29(23(9-19)41(65)47-15-37(61)62)49-31(55)17-53-33(57)5-6-34(53)58)12-26(44)39(25)51-52-40-27(45)13-22(14-28(40)46)20-2-4-30(24(10-20)42(66)48-16-38(63)64)50-32(56)18-54-35(59)7-8-36(54)60/h1-14H,15-18H2,(H,47,65)(H,48,66)(H,49,55)(H,50,56)(H,61,62)(H,63,64). The van der Waals surface area contributed by atoms with Gasteiger partial charge in [-0.05, 0) is 70.8 Å². The third-order valence-electron chi connectivity index (χ3n) is 9.23. The highest BCUT2D eigenvalue weighted by atomic mass is 35.5. The first-order valence-electron chi connectivity index (χ1n) is 18.6. The van der Waals surface area contributed by atoms with Crippen molar-refractivity contribution in [3.8, 4) is 22.3 Å². The number of azo groups is 1. The van der Waals surface area contributed by atoms with E-state index in [2.05, 4.69) is 31.5 Å². The van der Waals surface area contributed by atoms with Crippen molar-refractivity contribution in [1.82, 2.24) is 20.4 Å². The monoisotopic (exact) mass is 976 g/mol. The molecule has 4 aromatic carbocycles. The first-order chi connectivity index (χ1) is 31.3. The topological polar surface area (TPSA) is 290 Å². The number of carboxylic acids is 2. The van der Waals surface area contributed by atoms with Gasteiger partial charge in [-0.2, -0.15) is 0 Å². The molecule has 0 fully saturated rings. The molecule has 336 valence electrons. The molecule has 20 nitrogen and oxygen atoms in total. The van der Waals surface area contributed by atoms with Gasteiger partial charge in [0.2, 0.25) is 11.8 Å². The summed E-state index contributed by atoms with van der Waals surface area (Å²) >= 11 is 26.4. The normalized spacial score (nSPS) is 13.2. The fourth-order valence-electron chi connectivity index (χ4n) is 6.14. The van der Waals surface area contributed by atoms with Gasteiger partial charge < -0.3 is 31.5 Å². The maximum absolute atomic E-state index is 13.1. The van der Waals surface area contributed by atoms with E-state index in [1.54, 1.807) is 0 Å². The van der Waals surface area contributed by atoms with Crippen LogP contribution in [0.5, 0.6) is 0 Å². The lowest BCUT2D eigenvalue weighted by Crippen LogP contribution is -2.38. The summed E-state index contributed by atoms with van der Waals surface area (Å²) in [7, 11) is 0. The van der Waals surface area contributed by atoms with Crippen LogP contribution < -0.4 is 21.3 Å². The lowest BCUT2D eigenvalue weighted by atomic mass is 10.0. The van der Waals surface area contributed by atoms with Crippen LogP contribution in [0.15, 0.2) is 95.2 Å². The Hall–Kier alpha value is -7.78. The summed E-state index contributed by atoms with van der Waals surface area (Å²) in [6, 6.07) is 14.0. The fraction of sp³-hybridized carbons (Fsp3) is 0.0952. The van der Waals surface area contributed by atoms with Gasteiger partial charge in [0, 0.05) is 24.3 Å². The minimum absolute atomic E-state index is 0.0357. The number of benzene rings is 4. The maximum atomic E-state index is 13.1. The van der Waals surface area contributed by atoms with Gasteiger partial charge >= 0.3 is 11.9 Å². The van der Waals surface area contributed by atoms with Crippen LogP contribution in [0.2, 0.25) is 20.1 Å². The Balaban J connectivity index is 1.24. The molecule has 6 rings (SSSR count). The third kappa shape index (κ3) is 11.3. The minimum Gasteiger partial charge on any atom is -0.480 e. The van der Waals surface area contributed by atoms with E-state index in [0.717, 1.165) is 24.3 Å². The molecule has 0 saturated carbocycles. The molecule has 0 saturated heterocycles. The molecular weight excluding hydrogens is 950 g/mol. The number of carbonyl (C=O) groups is 10. The van der Waals surface area contributed by atoms with Crippen LogP contribution in [-0.4, -0.2) is 105 Å². The van der Waals surface area contributed by atoms with Crippen LogP contribution in [0.1, 0.15) is 20.7 Å². The summed E-state index contributed by atoms with van der Waals surface area (Å²) in [6.45, 7) is -2.83. The number of rotatable bonds is 16. The number of nitrogens with zero attached hydrogens (tertiary/aromatic N) is 4. The van der Waals surface area contributed by atoms with Crippen LogP contribution in [0.25, 0.3) is 22.3 Å². The number of carboxylic acid groups (broad SMARTS) is 2. The van der Waals surface area contributed by atoms with Crippen molar-refractivity contribution in [3.05, 3.63) is 116 Å². The number of hydrogen-bond donors (Lipinski definition) is 6. The highest BCUT2D eigenvalue weighted by Gasteiger charge is 2.28. The molecular formula is C42H28Cl4N8O12. The third-order valence-corrected chi connectivity index (χ3v) is 10.4. The smallest absolute Gasteiger partial charge is 0.322 e. The van der Waals surface area contributed by atoms with Gasteiger partial charge in [-0.1, -0.05) is 58.5 Å². The second-order valence-electron chi connectivity index (χ2n) is 13.7. The van der Waals surface area contributed by atoms with E-state index >= 15 is 0 Å². The number of imide groups is 2. The molecule has 0 radical (unpaired) electrons. The van der Waals surface area contributed by atoms with E-state index in [4.69, 9.17) is 56.6 Å². The molecule has 6 N–H and O–H groups in total. The first kappa shape index (κ1) is 47.7. The lowest BCUT2D eigenvalue weighted by Gasteiger charge is -2.16. The Morgan fingerprint density at radius 1 is 0.485 bits per heavy atom. The molecule has 4 aromatic rings. The van der Waals surface area contributed by atoms with Crippen LogP contribution in [0, 0.1) is 0 Å². The summed E-state index contributed by atoms with van der Waals surface area (Å²) in [6.07, 6.45) is 4.00. The molecule has 8 amide bonds. The predicted octanol–water partition coefficient (Wildman–Crippen LogP) is 5.41. The molecule has 2 aliphatic rings. The number of carbonyl (C=O) groups excluding carboxylic acids is 8. The zero-order chi connectivity index (χ0) is 48.0. The fourth-order valence-corrected chi connectivity index (χ4v) is 7.26. The molecule has 0 atom stereocenters. The highest BCUT2D eigenvalue weighted by molar-refractivity contribution is 6.40. The largest absolute Gasteiger partial charge is 0.480 e. The van der Waals surface area contributed by atoms with Crippen LogP contribution >= 0.6 is 46.4 Å². The van der Waals surface area contributed by atoms with Crippen molar-refractivity contribution in [3.63, 3.8) is 0 Å². The molecule has 66 heavy (non-hydrogen) atoms. The average molecular weight is 979 g/mol. The first-order valence-corrected chi connectivity index (χ1v) is 20.2. The minimum atomic E-state index is -1.34. The summed E-state index contributed by atoms with van der Waals surface area (Å²) in [5.41, 5.74) is 0.720. The predicted molar refractivity (Wildman–Crippen MR) is 237 cm³/mol. The second kappa shape index (κ2) is 20.4. The number of halogens is 4. The SMILES string of the molecule is O=C(O)CNC(=O)c1cc(-c2cc(Cl)c(N=Nc3c(Cl)cc(-c4ccc(NC(=O)CN5C(=O)C=CC5=O)c(C(=O)NCC(=O)O)c4)cc3Cl)c(Cl)c2)ccc1NC(=O)CN1C(=O)C=CC1=O.